The molecule has 0 saturated heterocycles. The minimum Gasteiger partial charge on any atom is -0.507 e. The van der Waals surface area contributed by atoms with Crippen LogP contribution in [0.25, 0.3) is 0 Å². The molecule has 4 aromatic carbocycles. The Morgan fingerprint density at radius 1 is 0.559 bits per heavy atom. The number of carbonyl (C=O) groups is 2. The highest BCUT2D eigenvalue weighted by molar-refractivity contribution is 6.33. The Hall–Kier alpha value is -4.58. The number of benzene rings is 4. The molecule has 0 fully saturated rings. The number of hydrogen-bond donors (Lipinski definition) is 4. The lowest BCUT2D eigenvalue weighted by atomic mass is 9.81. The van der Waals surface area contributed by atoms with Gasteiger partial charge in [0.25, 0.3) is 0 Å². The van der Waals surface area contributed by atoms with Crippen molar-refractivity contribution in [3.63, 3.8) is 0 Å². The molecule has 6 heteroatoms. The molecule has 168 valence electrons. The lowest BCUT2D eigenvalue weighted by Crippen LogP contribution is -2.23. The van der Waals surface area contributed by atoms with Gasteiger partial charge in [-0.15, -0.1) is 0 Å². The van der Waals surface area contributed by atoms with Gasteiger partial charge in [-0.3, -0.25) is 9.59 Å². The van der Waals surface area contributed by atoms with Gasteiger partial charge in [-0.2, -0.15) is 0 Å². The molecule has 0 bridgehead atoms. The number of rotatable bonds is 4. The minimum absolute atomic E-state index is 0.0296. The summed E-state index contributed by atoms with van der Waals surface area (Å²) in [4.78, 5) is 27.3. The van der Waals surface area contributed by atoms with Crippen LogP contribution in [-0.2, 0) is 0 Å². The van der Waals surface area contributed by atoms with Gasteiger partial charge in [-0.25, -0.2) is 0 Å². The number of phenolic OH excluding ortho intramolecular Hbond substituents is 2. The first-order valence-electron chi connectivity index (χ1n) is 10.8. The Balaban J connectivity index is 1.66. The fourth-order valence-electron chi connectivity index (χ4n) is 4.33. The lowest BCUT2D eigenvalue weighted by molar-refractivity contribution is 0.0975. The third-order valence-electron chi connectivity index (χ3n) is 5.87. The van der Waals surface area contributed by atoms with E-state index in [1.807, 2.05) is 62.4 Å². The van der Waals surface area contributed by atoms with E-state index in [4.69, 9.17) is 0 Å². The number of aryl methyl sites for hydroxylation is 2. The molecular weight excluding hydrogens is 428 g/mol. The summed E-state index contributed by atoms with van der Waals surface area (Å²) in [6.45, 7) is 3.90. The van der Waals surface area contributed by atoms with Crippen LogP contribution in [0, 0.1) is 13.8 Å². The first-order chi connectivity index (χ1) is 16.3. The minimum atomic E-state index is -0.541. The Kier molecular flexibility index (Phi) is 5.06. The lowest BCUT2D eigenvalue weighted by Gasteiger charge is -2.24. The fourth-order valence-corrected chi connectivity index (χ4v) is 4.33. The van der Waals surface area contributed by atoms with Crippen molar-refractivity contribution in [1.29, 1.82) is 0 Å². The quantitative estimate of drug-likeness (QED) is 0.252. The number of hydrogen-bond acceptors (Lipinski definition) is 6. The number of ketones is 2. The van der Waals surface area contributed by atoms with E-state index < -0.39 is 11.6 Å². The van der Waals surface area contributed by atoms with Crippen LogP contribution in [0.3, 0.4) is 0 Å². The molecule has 0 aliphatic heterocycles. The van der Waals surface area contributed by atoms with E-state index in [1.165, 1.54) is 12.1 Å². The number of nitrogens with one attached hydrogen (secondary N) is 2. The molecule has 1 aliphatic rings. The zero-order valence-corrected chi connectivity index (χ0v) is 18.6. The second-order valence-corrected chi connectivity index (χ2v) is 8.41. The molecule has 5 rings (SSSR count). The van der Waals surface area contributed by atoms with Crippen molar-refractivity contribution in [2.45, 2.75) is 13.8 Å². The third kappa shape index (κ3) is 3.55. The van der Waals surface area contributed by atoms with Crippen LogP contribution in [0.4, 0.5) is 22.7 Å². The monoisotopic (exact) mass is 450 g/mol. The zero-order chi connectivity index (χ0) is 24.0. The van der Waals surface area contributed by atoms with Crippen LogP contribution >= 0.6 is 0 Å². The second-order valence-electron chi connectivity index (χ2n) is 8.41. The molecule has 0 spiro atoms. The molecule has 4 N–H and O–H groups in total. The van der Waals surface area contributed by atoms with E-state index in [0.717, 1.165) is 22.5 Å². The molecule has 0 heterocycles. The molecule has 4 aromatic rings. The summed E-state index contributed by atoms with van der Waals surface area (Å²) in [7, 11) is 0. The molecule has 1 aliphatic carbocycles. The van der Waals surface area contributed by atoms with Crippen molar-refractivity contribution < 1.29 is 19.8 Å². The Morgan fingerprint density at radius 2 is 0.971 bits per heavy atom. The summed E-state index contributed by atoms with van der Waals surface area (Å²) >= 11 is 0. The van der Waals surface area contributed by atoms with Crippen LogP contribution in [0.1, 0.15) is 43.0 Å². The maximum Gasteiger partial charge on any atom is 0.200 e. The second kappa shape index (κ2) is 8.08. The van der Waals surface area contributed by atoms with Gasteiger partial charge in [0.15, 0.2) is 0 Å². The van der Waals surface area contributed by atoms with Crippen molar-refractivity contribution in [2.24, 2.45) is 0 Å². The Labute approximate surface area is 196 Å². The average Bonchev–Trinajstić information content (AvgIpc) is 2.79. The van der Waals surface area contributed by atoms with Crippen molar-refractivity contribution >= 4 is 34.3 Å². The summed E-state index contributed by atoms with van der Waals surface area (Å²) < 4.78 is 0. The van der Waals surface area contributed by atoms with Gasteiger partial charge in [0.05, 0.1) is 33.6 Å². The van der Waals surface area contributed by atoms with Crippen LogP contribution in [0.15, 0.2) is 72.8 Å². The highest BCUT2D eigenvalue weighted by Gasteiger charge is 2.38. The summed E-state index contributed by atoms with van der Waals surface area (Å²) in [5.41, 5.74) is 4.14. The van der Waals surface area contributed by atoms with Crippen molar-refractivity contribution in [3.8, 4) is 11.5 Å². The predicted octanol–water partition coefficient (Wildman–Crippen LogP) is 5.98. The normalized spacial score (nSPS) is 12.2. The summed E-state index contributed by atoms with van der Waals surface area (Å²) in [5.74, 6) is -1.67. The largest absolute Gasteiger partial charge is 0.507 e. The Bertz CT molecular complexity index is 1380. The molecule has 6 nitrogen and oxygen atoms in total. The van der Waals surface area contributed by atoms with Gasteiger partial charge in [0.2, 0.25) is 11.6 Å². The van der Waals surface area contributed by atoms with Gasteiger partial charge < -0.3 is 20.8 Å². The number of phenols is 2. The van der Waals surface area contributed by atoms with E-state index in [-0.39, 0.29) is 33.8 Å². The van der Waals surface area contributed by atoms with Gasteiger partial charge in [0.1, 0.15) is 11.5 Å². The predicted molar refractivity (Wildman–Crippen MR) is 132 cm³/mol. The highest BCUT2D eigenvalue weighted by atomic mass is 16.3. The zero-order valence-electron chi connectivity index (χ0n) is 18.6. The molecule has 0 saturated carbocycles. The molecule has 0 amide bonds. The highest BCUT2D eigenvalue weighted by Crippen LogP contribution is 2.43. The van der Waals surface area contributed by atoms with Gasteiger partial charge in [0, 0.05) is 11.4 Å². The summed E-state index contributed by atoms with van der Waals surface area (Å²) in [6, 6.07) is 21.0. The maximum atomic E-state index is 13.7. The summed E-state index contributed by atoms with van der Waals surface area (Å²) in [5, 5.41) is 27.6. The van der Waals surface area contributed by atoms with E-state index >= 15 is 0 Å². The molecule has 34 heavy (non-hydrogen) atoms. The number of anilines is 4. The smallest absolute Gasteiger partial charge is 0.200 e. The van der Waals surface area contributed by atoms with Crippen LogP contribution < -0.4 is 10.6 Å². The first kappa shape index (κ1) is 21.3. The number of carbonyl (C=O) groups excluding carboxylic acids is 2. The van der Waals surface area contributed by atoms with Gasteiger partial charge in [-0.05, 0) is 73.5 Å². The van der Waals surface area contributed by atoms with E-state index in [9.17, 15) is 19.8 Å². The molecule has 0 aromatic heterocycles. The standard InChI is InChI=1S/C28H22N2O4/c1-15-5-3-7-17(13-15)29-19-9-11-21(31)25-23(19)27(33)26-22(32)12-10-20(24(26)28(25)34)30-18-8-4-6-16(2)14-18/h3-14,29-32H,1-2H3. The molecular formula is C28H22N2O4. The van der Waals surface area contributed by atoms with E-state index in [1.54, 1.807) is 12.1 Å². The topological polar surface area (TPSA) is 98.7 Å². The average molecular weight is 450 g/mol. The van der Waals surface area contributed by atoms with Crippen molar-refractivity contribution in [3.05, 3.63) is 106 Å². The van der Waals surface area contributed by atoms with Crippen molar-refractivity contribution in [1.82, 2.24) is 0 Å². The Morgan fingerprint density at radius 3 is 1.35 bits per heavy atom. The van der Waals surface area contributed by atoms with E-state index in [0.29, 0.717) is 11.4 Å². The summed E-state index contributed by atoms with van der Waals surface area (Å²) in [6.07, 6.45) is 0. The fraction of sp³-hybridized carbons (Fsp3) is 0.0714. The third-order valence-corrected chi connectivity index (χ3v) is 5.87. The van der Waals surface area contributed by atoms with Crippen molar-refractivity contribution in [2.75, 3.05) is 10.6 Å². The maximum absolute atomic E-state index is 13.7. The molecule has 0 radical (unpaired) electrons. The molecule has 0 unspecified atom stereocenters. The van der Waals surface area contributed by atoms with E-state index in [2.05, 4.69) is 10.6 Å². The molecule has 0 atom stereocenters. The van der Waals surface area contributed by atoms with Gasteiger partial charge >= 0.3 is 0 Å². The number of fused-ring (bicyclic) bond motifs is 2. The first-order valence-corrected chi connectivity index (χ1v) is 10.8. The van der Waals surface area contributed by atoms with Crippen LogP contribution in [-0.4, -0.2) is 21.8 Å². The number of aromatic hydroxyl groups is 2. The van der Waals surface area contributed by atoms with Crippen LogP contribution in [0.2, 0.25) is 0 Å². The SMILES string of the molecule is Cc1cccc(Nc2ccc(O)c3c2C(=O)c2c(O)ccc(Nc4cccc(C)c4)c2C3=O)c1. The van der Waals surface area contributed by atoms with Gasteiger partial charge in [-0.1, -0.05) is 24.3 Å². The van der Waals surface area contributed by atoms with Crippen LogP contribution in [0.5, 0.6) is 11.5 Å².